The number of hydrogen-bond acceptors (Lipinski definition) is 4. The van der Waals surface area contributed by atoms with Crippen molar-refractivity contribution in [3.63, 3.8) is 0 Å². The third-order valence-corrected chi connectivity index (χ3v) is 4.20. The topological polar surface area (TPSA) is 55.1 Å². The highest BCUT2D eigenvalue weighted by Gasteiger charge is 2.09. The van der Waals surface area contributed by atoms with Gasteiger partial charge in [0.2, 0.25) is 5.89 Å². The van der Waals surface area contributed by atoms with Gasteiger partial charge in [-0.3, -0.25) is 4.79 Å². The Morgan fingerprint density at radius 1 is 1.27 bits per heavy atom. The van der Waals surface area contributed by atoms with E-state index in [4.69, 9.17) is 4.42 Å². The van der Waals surface area contributed by atoms with Crippen molar-refractivity contribution in [1.29, 1.82) is 0 Å². The van der Waals surface area contributed by atoms with Crippen molar-refractivity contribution < 1.29 is 9.21 Å². The number of hydrogen-bond donors (Lipinski definition) is 1. The first-order valence-corrected chi connectivity index (χ1v) is 7.99. The van der Waals surface area contributed by atoms with Crippen LogP contribution in [0.4, 0.5) is 0 Å². The van der Waals surface area contributed by atoms with Crippen LogP contribution in [0.15, 0.2) is 52.5 Å². The summed E-state index contributed by atoms with van der Waals surface area (Å²) in [4.78, 5) is 17.4. The van der Waals surface area contributed by atoms with Gasteiger partial charge in [-0.05, 0) is 35.6 Å². The van der Waals surface area contributed by atoms with E-state index in [9.17, 15) is 4.79 Å². The van der Waals surface area contributed by atoms with Crippen molar-refractivity contribution in [2.75, 3.05) is 0 Å². The molecule has 1 N–H and O–H groups in total. The molecule has 0 aliphatic carbocycles. The van der Waals surface area contributed by atoms with Gasteiger partial charge in [0.1, 0.15) is 6.26 Å². The van der Waals surface area contributed by atoms with Crippen LogP contribution in [0.3, 0.4) is 0 Å². The summed E-state index contributed by atoms with van der Waals surface area (Å²) < 4.78 is 5.43. The van der Waals surface area contributed by atoms with Gasteiger partial charge in [0, 0.05) is 5.56 Å². The summed E-state index contributed by atoms with van der Waals surface area (Å²) in [5.74, 6) is 0.481. The zero-order valence-electron chi connectivity index (χ0n) is 12.2. The van der Waals surface area contributed by atoms with Gasteiger partial charge in [-0.2, -0.15) is 0 Å². The van der Waals surface area contributed by atoms with Gasteiger partial charge in [0.15, 0.2) is 0 Å². The molecule has 4 nitrogen and oxygen atoms in total. The molecule has 112 valence electrons. The lowest BCUT2D eigenvalue weighted by Crippen LogP contribution is -2.22. The van der Waals surface area contributed by atoms with Crippen molar-refractivity contribution in [3.8, 4) is 10.8 Å². The number of nitrogens with zero attached hydrogens (tertiary/aromatic N) is 1. The highest BCUT2D eigenvalue weighted by atomic mass is 32.1. The molecule has 3 aromatic rings. The zero-order valence-corrected chi connectivity index (χ0v) is 13.0. The average molecular weight is 312 g/mol. The van der Waals surface area contributed by atoms with E-state index in [0.717, 1.165) is 11.3 Å². The Kier molecular flexibility index (Phi) is 4.34. The number of benzene rings is 1. The minimum Gasteiger partial charge on any atom is -0.443 e. The minimum atomic E-state index is -0.108. The maximum absolute atomic E-state index is 12.1. The predicted octanol–water partition coefficient (Wildman–Crippen LogP) is 3.90. The fraction of sp³-hybridized carbons (Fsp3) is 0.176. The Balaban J connectivity index is 1.61. The van der Waals surface area contributed by atoms with Crippen LogP contribution in [-0.2, 0) is 13.0 Å². The van der Waals surface area contributed by atoms with E-state index >= 15 is 0 Å². The first-order chi connectivity index (χ1) is 10.8. The number of carbonyl (C=O) groups excluding carboxylic acids is 1. The normalized spacial score (nSPS) is 10.6. The van der Waals surface area contributed by atoms with Crippen LogP contribution in [0.2, 0.25) is 0 Å². The molecule has 0 bridgehead atoms. The largest absolute Gasteiger partial charge is 0.443 e. The molecular formula is C17H16N2O2S. The molecule has 1 aromatic carbocycles. The quantitative estimate of drug-likeness (QED) is 0.777. The lowest BCUT2D eigenvalue weighted by atomic mass is 10.1. The standard InChI is InChI=1S/C17H16N2O2S/c1-2-12-5-7-13(8-6-12)16(20)18-10-14-11-21-17(19-14)15-4-3-9-22-15/h3-9,11H,2,10H2,1H3,(H,18,20). The molecule has 0 saturated heterocycles. The van der Waals surface area contributed by atoms with Crippen molar-refractivity contribution in [1.82, 2.24) is 10.3 Å². The number of rotatable bonds is 5. The smallest absolute Gasteiger partial charge is 0.251 e. The van der Waals surface area contributed by atoms with Crippen molar-refractivity contribution in [2.24, 2.45) is 0 Å². The molecule has 3 rings (SSSR count). The van der Waals surface area contributed by atoms with Crippen molar-refractivity contribution in [2.45, 2.75) is 19.9 Å². The van der Waals surface area contributed by atoms with Gasteiger partial charge in [-0.15, -0.1) is 11.3 Å². The summed E-state index contributed by atoms with van der Waals surface area (Å²) in [5.41, 5.74) is 2.58. The maximum atomic E-state index is 12.1. The van der Waals surface area contributed by atoms with Gasteiger partial charge in [0.05, 0.1) is 17.1 Å². The molecule has 0 radical (unpaired) electrons. The van der Waals surface area contributed by atoms with Crippen molar-refractivity contribution >= 4 is 17.2 Å². The van der Waals surface area contributed by atoms with E-state index in [1.807, 2.05) is 41.8 Å². The molecule has 0 saturated carbocycles. The zero-order chi connectivity index (χ0) is 15.4. The van der Waals surface area contributed by atoms with Gasteiger partial charge in [-0.1, -0.05) is 25.1 Å². The maximum Gasteiger partial charge on any atom is 0.251 e. The summed E-state index contributed by atoms with van der Waals surface area (Å²) in [6, 6.07) is 11.5. The Morgan fingerprint density at radius 3 is 2.77 bits per heavy atom. The molecule has 0 aliphatic rings. The second-order valence-corrected chi connectivity index (χ2v) is 5.80. The Morgan fingerprint density at radius 2 is 2.09 bits per heavy atom. The summed E-state index contributed by atoms with van der Waals surface area (Å²) in [6.07, 6.45) is 2.54. The fourth-order valence-electron chi connectivity index (χ4n) is 2.07. The monoisotopic (exact) mass is 312 g/mol. The number of aromatic nitrogens is 1. The highest BCUT2D eigenvalue weighted by molar-refractivity contribution is 7.13. The second-order valence-electron chi connectivity index (χ2n) is 4.85. The fourth-order valence-corrected chi connectivity index (χ4v) is 2.72. The summed E-state index contributed by atoms with van der Waals surface area (Å²) in [5, 5.41) is 4.83. The summed E-state index contributed by atoms with van der Waals surface area (Å²) in [7, 11) is 0. The van der Waals surface area contributed by atoms with Gasteiger partial charge >= 0.3 is 0 Å². The Hall–Kier alpha value is -2.40. The van der Waals surface area contributed by atoms with Crippen LogP contribution in [-0.4, -0.2) is 10.9 Å². The van der Waals surface area contributed by atoms with E-state index in [1.54, 1.807) is 17.6 Å². The van der Waals surface area contributed by atoms with Gasteiger partial charge in [0.25, 0.3) is 5.91 Å². The van der Waals surface area contributed by atoms with Crippen LogP contribution in [0.25, 0.3) is 10.8 Å². The van der Waals surface area contributed by atoms with Crippen LogP contribution in [0.1, 0.15) is 28.5 Å². The molecule has 0 fully saturated rings. The van der Waals surface area contributed by atoms with E-state index in [0.29, 0.717) is 23.7 Å². The van der Waals surface area contributed by atoms with Gasteiger partial charge in [-0.25, -0.2) is 4.98 Å². The predicted molar refractivity (Wildman–Crippen MR) is 86.8 cm³/mol. The number of carbonyl (C=O) groups is 1. The molecule has 5 heteroatoms. The lowest BCUT2D eigenvalue weighted by Gasteiger charge is -2.03. The molecule has 0 aliphatic heterocycles. The second kappa shape index (κ2) is 6.58. The molecule has 0 spiro atoms. The summed E-state index contributed by atoms with van der Waals surface area (Å²) >= 11 is 1.57. The SMILES string of the molecule is CCc1ccc(C(=O)NCc2coc(-c3cccs3)n2)cc1. The first kappa shape index (κ1) is 14.5. The molecular weight excluding hydrogens is 296 g/mol. The molecule has 1 amide bonds. The van der Waals surface area contributed by atoms with E-state index in [-0.39, 0.29) is 5.91 Å². The molecule has 2 heterocycles. The third kappa shape index (κ3) is 3.26. The van der Waals surface area contributed by atoms with E-state index in [2.05, 4.69) is 17.2 Å². The first-order valence-electron chi connectivity index (χ1n) is 7.11. The Labute approximate surface area is 132 Å². The van der Waals surface area contributed by atoms with Crippen LogP contribution in [0.5, 0.6) is 0 Å². The lowest BCUT2D eigenvalue weighted by molar-refractivity contribution is 0.0950. The Bertz CT molecular complexity index is 745. The minimum absolute atomic E-state index is 0.108. The van der Waals surface area contributed by atoms with E-state index < -0.39 is 0 Å². The van der Waals surface area contributed by atoms with Crippen LogP contribution < -0.4 is 5.32 Å². The van der Waals surface area contributed by atoms with Crippen molar-refractivity contribution in [3.05, 3.63) is 64.9 Å². The highest BCUT2D eigenvalue weighted by Crippen LogP contribution is 2.23. The molecule has 2 aromatic heterocycles. The third-order valence-electron chi connectivity index (χ3n) is 3.34. The van der Waals surface area contributed by atoms with Crippen LogP contribution >= 0.6 is 11.3 Å². The molecule has 22 heavy (non-hydrogen) atoms. The molecule has 0 unspecified atom stereocenters. The summed E-state index contributed by atoms with van der Waals surface area (Å²) in [6.45, 7) is 2.44. The number of oxazole rings is 1. The number of aryl methyl sites for hydroxylation is 1. The number of amides is 1. The average Bonchev–Trinajstić information content (AvgIpc) is 3.23. The molecule has 0 atom stereocenters. The number of thiophene rings is 1. The number of nitrogens with one attached hydrogen (secondary N) is 1. The van der Waals surface area contributed by atoms with Crippen LogP contribution in [0, 0.1) is 0 Å². The van der Waals surface area contributed by atoms with Gasteiger partial charge < -0.3 is 9.73 Å². The van der Waals surface area contributed by atoms with E-state index in [1.165, 1.54) is 5.56 Å².